The molecule has 0 spiro atoms. The first-order valence-corrected chi connectivity index (χ1v) is 7.28. The van der Waals surface area contributed by atoms with Crippen LogP contribution in [-0.2, 0) is 0 Å². The number of nitrogens with one attached hydrogen (secondary N) is 2. The summed E-state index contributed by atoms with van der Waals surface area (Å²) in [5.74, 6) is 1.49. The molecule has 0 saturated carbocycles. The lowest BCUT2D eigenvalue weighted by atomic mass is 10.00. The molecule has 4 N–H and O–H groups in total. The number of amidine groups is 1. The summed E-state index contributed by atoms with van der Waals surface area (Å²) in [5.41, 5.74) is 5.78. The Balaban J connectivity index is 3.96. The van der Waals surface area contributed by atoms with Gasteiger partial charge in [0.25, 0.3) is 0 Å². The normalized spacial score (nSPS) is 13.4. The molecule has 0 bridgehead atoms. The van der Waals surface area contributed by atoms with Crippen molar-refractivity contribution in [3.8, 4) is 0 Å². The van der Waals surface area contributed by atoms with Crippen LogP contribution < -0.4 is 11.1 Å². The van der Waals surface area contributed by atoms with Crippen LogP contribution in [-0.4, -0.2) is 18.3 Å². The maximum atomic E-state index is 7.69. The van der Waals surface area contributed by atoms with Crippen molar-refractivity contribution in [3.63, 3.8) is 0 Å². The number of hydrogen-bond acceptors (Lipinski definition) is 2. The van der Waals surface area contributed by atoms with Gasteiger partial charge in [0.2, 0.25) is 0 Å². The van der Waals surface area contributed by atoms with Crippen LogP contribution >= 0.6 is 0 Å². The van der Waals surface area contributed by atoms with E-state index in [9.17, 15) is 0 Å². The van der Waals surface area contributed by atoms with Gasteiger partial charge >= 0.3 is 0 Å². The summed E-state index contributed by atoms with van der Waals surface area (Å²) in [7, 11) is 0. The lowest BCUT2D eigenvalue weighted by Crippen LogP contribution is -2.36. The van der Waals surface area contributed by atoms with Crippen molar-refractivity contribution in [2.45, 2.75) is 65.7 Å². The van der Waals surface area contributed by atoms with Gasteiger partial charge in [-0.2, -0.15) is 0 Å². The largest absolute Gasteiger partial charge is 0.370 e. The number of rotatable bonds is 9. The summed E-state index contributed by atoms with van der Waals surface area (Å²) >= 11 is 0. The predicted octanol–water partition coefficient (Wildman–Crippen LogP) is 3.27. The summed E-state index contributed by atoms with van der Waals surface area (Å²) in [6, 6.07) is 0. The molecular weight excluding hydrogens is 224 g/mol. The van der Waals surface area contributed by atoms with Crippen molar-refractivity contribution < 1.29 is 0 Å². The molecule has 0 aromatic rings. The second-order valence-corrected chi connectivity index (χ2v) is 4.85. The van der Waals surface area contributed by atoms with E-state index in [1.807, 2.05) is 0 Å². The zero-order valence-electron chi connectivity index (χ0n) is 12.3. The van der Waals surface area contributed by atoms with E-state index in [0.29, 0.717) is 17.7 Å². The summed E-state index contributed by atoms with van der Waals surface area (Å²) < 4.78 is 0. The smallest absolute Gasteiger partial charge is 0.194 e. The molecule has 0 amide bonds. The fourth-order valence-electron chi connectivity index (χ4n) is 1.75. The van der Waals surface area contributed by atoms with Crippen molar-refractivity contribution in [1.82, 2.24) is 5.32 Å². The van der Waals surface area contributed by atoms with Crippen molar-refractivity contribution >= 4 is 11.8 Å². The van der Waals surface area contributed by atoms with Crippen LogP contribution in [0.15, 0.2) is 4.99 Å². The Morgan fingerprint density at radius 2 is 1.89 bits per heavy atom. The molecule has 1 atom stereocenters. The Labute approximate surface area is 112 Å². The molecule has 0 saturated heterocycles. The Kier molecular flexibility index (Phi) is 10.4. The molecule has 0 radical (unpaired) electrons. The molecule has 1 unspecified atom stereocenters. The Morgan fingerprint density at radius 1 is 1.22 bits per heavy atom. The van der Waals surface area contributed by atoms with E-state index >= 15 is 0 Å². The maximum Gasteiger partial charge on any atom is 0.194 e. The predicted molar refractivity (Wildman–Crippen MR) is 80.2 cm³/mol. The highest BCUT2D eigenvalue weighted by molar-refractivity contribution is 5.97. The molecule has 0 fully saturated rings. The number of aliphatic imine (C=N–C) groups is 1. The molecule has 18 heavy (non-hydrogen) atoms. The second kappa shape index (κ2) is 11.1. The standard InChI is InChI=1S/C14H30N4/c1-4-7-9-12(6-3)11-17-14(16)18-13(15)10-8-5-2/h12H,4-11H2,1-3H3,(H4,15,16,17,18). The van der Waals surface area contributed by atoms with Crippen molar-refractivity contribution in [2.75, 3.05) is 6.54 Å². The quantitative estimate of drug-likeness (QED) is 0.436. The minimum atomic E-state index is 0.394. The first-order chi connectivity index (χ1) is 8.63. The van der Waals surface area contributed by atoms with E-state index in [1.165, 1.54) is 19.3 Å². The van der Waals surface area contributed by atoms with Gasteiger partial charge in [0, 0.05) is 13.0 Å². The Bertz CT molecular complexity index is 248. The molecule has 0 heterocycles. The van der Waals surface area contributed by atoms with E-state index in [2.05, 4.69) is 31.1 Å². The Hall–Kier alpha value is -1.06. The van der Waals surface area contributed by atoms with Crippen LogP contribution in [0.3, 0.4) is 0 Å². The zero-order chi connectivity index (χ0) is 13.8. The van der Waals surface area contributed by atoms with E-state index in [4.69, 9.17) is 11.1 Å². The Morgan fingerprint density at radius 3 is 2.44 bits per heavy atom. The third-order valence-corrected chi connectivity index (χ3v) is 3.12. The summed E-state index contributed by atoms with van der Waals surface area (Å²) in [6.45, 7) is 7.30. The van der Waals surface area contributed by atoms with Crippen molar-refractivity contribution in [3.05, 3.63) is 0 Å². The van der Waals surface area contributed by atoms with E-state index in [0.717, 1.165) is 32.2 Å². The number of unbranched alkanes of at least 4 members (excludes halogenated alkanes) is 2. The van der Waals surface area contributed by atoms with Crippen molar-refractivity contribution in [2.24, 2.45) is 16.6 Å². The van der Waals surface area contributed by atoms with Crippen LogP contribution in [0.2, 0.25) is 0 Å². The van der Waals surface area contributed by atoms with Gasteiger partial charge in [0.1, 0.15) is 0 Å². The third kappa shape index (κ3) is 9.02. The highest BCUT2D eigenvalue weighted by Crippen LogP contribution is 2.12. The minimum Gasteiger partial charge on any atom is -0.370 e. The van der Waals surface area contributed by atoms with Crippen LogP contribution in [0.25, 0.3) is 0 Å². The third-order valence-electron chi connectivity index (χ3n) is 3.12. The van der Waals surface area contributed by atoms with Gasteiger partial charge in [-0.1, -0.05) is 46.5 Å². The van der Waals surface area contributed by atoms with Gasteiger partial charge < -0.3 is 11.1 Å². The molecule has 0 aliphatic carbocycles. The molecule has 0 aromatic heterocycles. The lowest BCUT2D eigenvalue weighted by Gasteiger charge is -2.12. The maximum absolute atomic E-state index is 7.69. The molecule has 0 aromatic carbocycles. The summed E-state index contributed by atoms with van der Waals surface area (Å²) in [5, 5.41) is 10.6. The molecule has 0 aliphatic heterocycles. The van der Waals surface area contributed by atoms with E-state index in [-0.39, 0.29) is 0 Å². The van der Waals surface area contributed by atoms with E-state index < -0.39 is 0 Å². The SMILES string of the molecule is CCCCC(=N)NC(N)=NCC(CC)CCCC. The van der Waals surface area contributed by atoms with Crippen molar-refractivity contribution in [1.29, 1.82) is 5.41 Å². The summed E-state index contributed by atoms with van der Waals surface area (Å²) in [4.78, 5) is 4.34. The van der Waals surface area contributed by atoms with Crippen LogP contribution in [0, 0.1) is 11.3 Å². The molecule has 106 valence electrons. The molecular formula is C14H30N4. The van der Waals surface area contributed by atoms with Gasteiger partial charge in [-0.05, 0) is 18.8 Å². The zero-order valence-corrected chi connectivity index (χ0v) is 12.3. The first-order valence-electron chi connectivity index (χ1n) is 7.28. The highest BCUT2D eigenvalue weighted by Gasteiger charge is 2.05. The number of guanidine groups is 1. The highest BCUT2D eigenvalue weighted by atomic mass is 15.1. The van der Waals surface area contributed by atoms with E-state index in [1.54, 1.807) is 0 Å². The average molecular weight is 254 g/mol. The number of hydrogen-bond donors (Lipinski definition) is 3. The van der Waals surface area contributed by atoms with Crippen LogP contribution in [0.5, 0.6) is 0 Å². The fourth-order valence-corrected chi connectivity index (χ4v) is 1.75. The topological polar surface area (TPSA) is 74.3 Å². The monoisotopic (exact) mass is 254 g/mol. The number of nitrogens with two attached hydrogens (primary N) is 1. The minimum absolute atomic E-state index is 0.394. The summed E-state index contributed by atoms with van der Waals surface area (Å²) in [6.07, 6.45) is 7.72. The van der Waals surface area contributed by atoms with Gasteiger partial charge in [0.05, 0.1) is 5.84 Å². The lowest BCUT2D eigenvalue weighted by molar-refractivity contribution is 0.462. The molecule has 4 nitrogen and oxygen atoms in total. The molecule has 0 rings (SSSR count). The first kappa shape index (κ1) is 16.9. The van der Waals surface area contributed by atoms with Crippen LogP contribution in [0.1, 0.15) is 65.7 Å². The van der Waals surface area contributed by atoms with Gasteiger partial charge in [-0.3, -0.25) is 10.4 Å². The molecule has 0 aliphatic rings. The number of nitrogens with zero attached hydrogens (tertiary/aromatic N) is 1. The van der Waals surface area contributed by atoms with Gasteiger partial charge in [-0.15, -0.1) is 0 Å². The second-order valence-electron chi connectivity index (χ2n) is 4.85. The molecule has 4 heteroatoms. The van der Waals surface area contributed by atoms with Gasteiger partial charge in [0.15, 0.2) is 5.96 Å². The van der Waals surface area contributed by atoms with Crippen LogP contribution in [0.4, 0.5) is 0 Å². The average Bonchev–Trinajstić information content (AvgIpc) is 2.36. The fraction of sp³-hybridized carbons (Fsp3) is 0.857. The van der Waals surface area contributed by atoms with Gasteiger partial charge in [-0.25, -0.2) is 0 Å².